The second-order valence-electron chi connectivity index (χ2n) is 4.33. The summed E-state index contributed by atoms with van der Waals surface area (Å²) in [6, 6.07) is 0.331. The van der Waals surface area contributed by atoms with Crippen LogP contribution in [0, 0.1) is 0 Å². The molecule has 3 unspecified atom stereocenters. The van der Waals surface area contributed by atoms with Crippen molar-refractivity contribution in [2.75, 3.05) is 25.9 Å². The summed E-state index contributed by atoms with van der Waals surface area (Å²) in [7, 11) is 0.818. The highest BCUT2D eigenvalue weighted by Gasteiger charge is 2.19. The predicted octanol–water partition coefficient (Wildman–Crippen LogP) is 0.990. The maximum atomic E-state index is 12.0. The first-order valence-corrected chi connectivity index (χ1v) is 7.66. The molecule has 0 aliphatic heterocycles. The second kappa shape index (κ2) is 8.64. The third kappa shape index (κ3) is 6.17. The summed E-state index contributed by atoms with van der Waals surface area (Å²) in [6.07, 6.45) is 0.828. The lowest BCUT2D eigenvalue weighted by molar-refractivity contribution is -0.128. The van der Waals surface area contributed by atoms with Crippen LogP contribution in [0.3, 0.4) is 0 Å². The standard InChI is InChI=1S/C12H26N2O2S/c1-6-14(7-2)12(15)9-17(16)11(4)8-10(3)13-5/h10-11,13H,6-9H2,1-5H3. The van der Waals surface area contributed by atoms with E-state index in [4.69, 9.17) is 0 Å². The van der Waals surface area contributed by atoms with E-state index in [1.54, 1.807) is 4.90 Å². The fourth-order valence-electron chi connectivity index (χ4n) is 1.65. The first kappa shape index (κ1) is 16.6. The van der Waals surface area contributed by atoms with E-state index in [2.05, 4.69) is 12.2 Å². The van der Waals surface area contributed by atoms with Gasteiger partial charge in [0, 0.05) is 35.2 Å². The third-order valence-corrected chi connectivity index (χ3v) is 4.63. The van der Waals surface area contributed by atoms with Gasteiger partial charge in [-0.2, -0.15) is 0 Å². The van der Waals surface area contributed by atoms with Gasteiger partial charge in [0.25, 0.3) is 0 Å². The number of nitrogens with one attached hydrogen (secondary N) is 1. The van der Waals surface area contributed by atoms with Gasteiger partial charge in [0.05, 0.1) is 0 Å². The summed E-state index contributed by atoms with van der Waals surface area (Å²) in [6.45, 7) is 9.26. The highest BCUT2D eigenvalue weighted by Crippen LogP contribution is 2.06. The van der Waals surface area contributed by atoms with E-state index in [0.29, 0.717) is 19.1 Å². The minimum absolute atomic E-state index is 0.00251. The second-order valence-corrected chi connectivity index (χ2v) is 6.18. The van der Waals surface area contributed by atoms with Crippen LogP contribution in [0.4, 0.5) is 0 Å². The Labute approximate surface area is 108 Å². The van der Waals surface area contributed by atoms with Crippen LogP contribution in [0.1, 0.15) is 34.1 Å². The highest BCUT2D eigenvalue weighted by molar-refractivity contribution is 7.86. The Morgan fingerprint density at radius 3 is 2.24 bits per heavy atom. The Bertz CT molecular complexity index is 255. The van der Waals surface area contributed by atoms with E-state index in [1.807, 2.05) is 27.8 Å². The topological polar surface area (TPSA) is 49.4 Å². The molecule has 0 spiro atoms. The van der Waals surface area contributed by atoms with Gasteiger partial charge in [-0.25, -0.2) is 0 Å². The number of nitrogens with zero attached hydrogens (tertiary/aromatic N) is 1. The van der Waals surface area contributed by atoms with Crippen molar-refractivity contribution in [3.63, 3.8) is 0 Å². The zero-order valence-corrected chi connectivity index (χ0v) is 12.5. The molecule has 3 atom stereocenters. The largest absolute Gasteiger partial charge is 0.342 e. The Morgan fingerprint density at radius 1 is 1.29 bits per heavy atom. The molecule has 0 saturated heterocycles. The van der Waals surface area contributed by atoms with Crippen LogP contribution in [-0.2, 0) is 15.6 Å². The fourth-order valence-corrected chi connectivity index (χ4v) is 2.87. The Kier molecular flexibility index (Phi) is 8.43. The minimum Gasteiger partial charge on any atom is -0.342 e. The van der Waals surface area contributed by atoms with Gasteiger partial charge in [-0.15, -0.1) is 0 Å². The first-order chi connectivity index (χ1) is 7.96. The molecule has 102 valence electrons. The Balaban J connectivity index is 4.20. The molecule has 4 nitrogen and oxygen atoms in total. The summed E-state index contributed by atoms with van der Waals surface area (Å²) >= 11 is 0. The summed E-state index contributed by atoms with van der Waals surface area (Å²) in [5, 5.41) is 3.17. The van der Waals surface area contributed by atoms with Crippen molar-refractivity contribution in [3.8, 4) is 0 Å². The quantitative estimate of drug-likeness (QED) is 0.710. The summed E-state index contributed by atoms with van der Waals surface area (Å²) in [5.41, 5.74) is 0. The molecule has 1 amide bonds. The molecule has 1 N–H and O–H groups in total. The molecule has 0 aliphatic carbocycles. The van der Waals surface area contributed by atoms with Crippen molar-refractivity contribution >= 4 is 16.7 Å². The molecule has 0 saturated carbocycles. The van der Waals surface area contributed by atoms with Crippen LogP contribution in [-0.4, -0.2) is 52.2 Å². The van der Waals surface area contributed by atoms with Gasteiger partial charge in [-0.05, 0) is 34.2 Å². The number of carbonyl (C=O) groups excluding carboxylic acids is 1. The predicted molar refractivity (Wildman–Crippen MR) is 73.5 cm³/mol. The smallest absolute Gasteiger partial charge is 0.235 e. The van der Waals surface area contributed by atoms with E-state index in [-0.39, 0.29) is 16.9 Å². The van der Waals surface area contributed by atoms with Gasteiger partial charge >= 0.3 is 0 Å². The average molecular weight is 262 g/mol. The minimum atomic E-state index is -1.07. The number of amides is 1. The van der Waals surface area contributed by atoms with Gasteiger partial charge < -0.3 is 10.2 Å². The normalized spacial score (nSPS) is 16.3. The number of rotatable bonds is 8. The van der Waals surface area contributed by atoms with Gasteiger partial charge in [-0.3, -0.25) is 9.00 Å². The Morgan fingerprint density at radius 2 is 1.82 bits per heavy atom. The molecule has 5 heteroatoms. The molecule has 0 heterocycles. The van der Waals surface area contributed by atoms with Gasteiger partial charge in [0.15, 0.2) is 0 Å². The van der Waals surface area contributed by atoms with Crippen molar-refractivity contribution < 1.29 is 9.00 Å². The monoisotopic (exact) mass is 262 g/mol. The zero-order chi connectivity index (χ0) is 13.4. The van der Waals surface area contributed by atoms with Crippen LogP contribution < -0.4 is 5.32 Å². The maximum absolute atomic E-state index is 12.0. The molecule has 0 aromatic rings. The van der Waals surface area contributed by atoms with Crippen molar-refractivity contribution in [1.82, 2.24) is 10.2 Å². The third-order valence-electron chi connectivity index (χ3n) is 3.01. The van der Waals surface area contributed by atoms with E-state index in [0.717, 1.165) is 6.42 Å². The molecule has 0 rings (SSSR count). The lowest BCUT2D eigenvalue weighted by Gasteiger charge is -2.20. The lowest BCUT2D eigenvalue weighted by atomic mass is 10.2. The molecule has 0 radical (unpaired) electrons. The van der Waals surface area contributed by atoms with E-state index in [1.165, 1.54) is 0 Å². The van der Waals surface area contributed by atoms with E-state index >= 15 is 0 Å². The SMILES string of the molecule is CCN(CC)C(=O)CS(=O)C(C)CC(C)NC. The molecular formula is C12H26N2O2S. The highest BCUT2D eigenvalue weighted by atomic mass is 32.2. The van der Waals surface area contributed by atoms with Gasteiger partial charge in [-0.1, -0.05) is 6.92 Å². The molecule has 17 heavy (non-hydrogen) atoms. The van der Waals surface area contributed by atoms with E-state index in [9.17, 15) is 9.00 Å². The Hall–Kier alpha value is -0.420. The van der Waals surface area contributed by atoms with Crippen molar-refractivity contribution in [2.24, 2.45) is 0 Å². The van der Waals surface area contributed by atoms with Crippen LogP contribution in [0.2, 0.25) is 0 Å². The van der Waals surface area contributed by atoms with Gasteiger partial charge in [0.2, 0.25) is 5.91 Å². The molecule has 0 aromatic heterocycles. The van der Waals surface area contributed by atoms with Crippen LogP contribution >= 0.6 is 0 Å². The van der Waals surface area contributed by atoms with E-state index < -0.39 is 10.8 Å². The molecule has 0 bridgehead atoms. The summed E-state index contributed by atoms with van der Waals surface area (Å²) < 4.78 is 12.0. The maximum Gasteiger partial charge on any atom is 0.235 e. The van der Waals surface area contributed by atoms with Crippen LogP contribution in [0.5, 0.6) is 0 Å². The van der Waals surface area contributed by atoms with Gasteiger partial charge in [0.1, 0.15) is 5.75 Å². The average Bonchev–Trinajstić information content (AvgIpc) is 2.30. The zero-order valence-electron chi connectivity index (χ0n) is 11.7. The van der Waals surface area contributed by atoms with Crippen LogP contribution in [0.15, 0.2) is 0 Å². The van der Waals surface area contributed by atoms with Crippen molar-refractivity contribution in [3.05, 3.63) is 0 Å². The summed E-state index contributed by atoms with van der Waals surface area (Å²) in [5.74, 6) is 0.150. The van der Waals surface area contributed by atoms with Crippen molar-refractivity contribution in [1.29, 1.82) is 0 Å². The number of carbonyl (C=O) groups is 1. The fraction of sp³-hybridized carbons (Fsp3) is 0.917. The van der Waals surface area contributed by atoms with Crippen LogP contribution in [0.25, 0.3) is 0 Å². The molecule has 0 aromatic carbocycles. The lowest BCUT2D eigenvalue weighted by Crippen LogP contribution is -2.36. The molecule has 0 aliphatic rings. The van der Waals surface area contributed by atoms with Crippen molar-refractivity contribution in [2.45, 2.75) is 45.4 Å². The first-order valence-electron chi connectivity index (χ1n) is 6.28. The molecular weight excluding hydrogens is 236 g/mol. The summed E-state index contributed by atoms with van der Waals surface area (Å²) in [4.78, 5) is 13.5. The molecule has 0 fully saturated rings. The number of hydrogen-bond donors (Lipinski definition) is 1. The number of hydrogen-bond acceptors (Lipinski definition) is 3.